The van der Waals surface area contributed by atoms with Crippen molar-refractivity contribution in [1.29, 1.82) is 0 Å². The second kappa shape index (κ2) is 6.92. The first-order chi connectivity index (χ1) is 8.79. The molecule has 1 saturated carbocycles. The van der Waals surface area contributed by atoms with Crippen molar-refractivity contribution < 1.29 is 4.74 Å². The van der Waals surface area contributed by atoms with E-state index in [9.17, 15) is 0 Å². The van der Waals surface area contributed by atoms with Crippen LogP contribution in [0.5, 0.6) is 5.88 Å². The van der Waals surface area contributed by atoms with Crippen molar-refractivity contribution in [2.24, 2.45) is 5.92 Å². The van der Waals surface area contributed by atoms with E-state index in [0.717, 1.165) is 17.6 Å². The van der Waals surface area contributed by atoms with Gasteiger partial charge < -0.3 is 10.1 Å². The van der Waals surface area contributed by atoms with Crippen molar-refractivity contribution in [2.45, 2.75) is 39.0 Å². The largest absolute Gasteiger partial charge is 0.476 e. The molecule has 1 heterocycles. The lowest BCUT2D eigenvalue weighted by molar-refractivity contribution is 0.202. The summed E-state index contributed by atoms with van der Waals surface area (Å²) < 4.78 is 6.64. The summed E-state index contributed by atoms with van der Waals surface area (Å²) in [6.45, 7) is 3.60. The maximum atomic E-state index is 5.83. The van der Waals surface area contributed by atoms with Gasteiger partial charge in [-0.2, -0.15) is 4.98 Å². The van der Waals surface area contributed by atoms with Gasteiger partial charge in [-0.3, -0.25) is 0 Å². The van der Waals surface area contributed by atoms with Crippen LogP contribution < -0.4 is 10.1 Å². The Morgan fingerprint density at radius 1 is 1.39 bits per heavy atom. The molecule has 1 aromatic heterocycles. The van der Waals surface area contributed by atoms with Crippen LogP contribution in [-0.4, -0.2) is 23.1 Å². The quantitative estimate of drug-likeness (QED) is 0.901. The van der Waals surface area contributed by atoms with E-state index in [-0.39, 0.29) is 0 Å². The van der Waals surface area contributed by atoms with Crippen LogP contribution in [0.3, 0.4) is 0 Å². The predicted octanol–water partition coefficient (Wildman–Crippen LogP) is 3.63. The molecule has 0 spiro atoms. The van der Waals surface area contributed by atoms with E-state index in [4.69, 9.17) is 4.74 Å². The maximum Gasteiger partial charge on any atom is 0.232 e. The van der Waals surface area contributed by atoms with Crippen LogP contribution in [0.1, 0.15) is 39.0 Å². The lowest BCUT2D eigenvalue weighted by atomic mass is 9.90. The molecule has 0 aliphatic heterocycles. The van der Waals surface area contributed by atoms with E-state index in [1.54, 1.807) is 6.20 Å². The van der Waals surface area contributed by atoms with Crippen LogP contribution in [0, 0.1) is 5.92 Å². The molecule has 5 heteroatoms. The summed E-state index contributed by atoms with van der Waals surface area (Å²) in [6, 6.07) is 0. The summed E-state index contributed by atoms with van der Waals surface area (Å²) in [7, 11) is 0. The molecule has 0 bridgehead atoms. The van der Waals surface area contributed by atoms with Gasteiger partial charge in [0.15, 0.2) is 0 Å². The second-order valence-corrected chi connectivity index (χ2v) is 5.55. The van der Waals surface area contributed by atoms with E-state index in [1.165, 1.54) is 32.1 Å². The summed E-state index contributed by atoms with van der Waals surface area (Å²) in [4.78, 5) is 8.53. The lowest BCUT2D eigenvalue weighted by Crippen LogP contribution is -2.16. The first-order valence-corrected chi connectivity index (χ1v) is 7.48. The monoisotopic (exact) mass is 313 g/mol. The molecule has 1 aromatic rings. The molecule has 1 N–H and O–H groups in total. The van der Waals surface area contributed by atoms with Gasteiger partial charge in [0.05, 0.1) is 17.3 Å². The summed E-state index contributed by atoms with van der Waals surface area (Å²) in [6.07, 6.45) is 8.34. The van der Waals surface area contributed by atoms with Gasteiger partial charge in [0.25, 0.3) is 0 Å². The van der Waals surface area contributed by atoms with Crippen molar-refractivity contribution in [3.63, 3.8) is 0 Å². The van der Waals surface area contributed by atoms with Gasteiger partial charge in [-0.15, -0.1) is 0 Å². The maximum absolute atomic E-state index is 5.83. The molecule has 4 nitrogen and oxygen atoms in total. The van der Waals surface area contributed by atoms with Crippen molar-refractivity contribution in [1.82, 2.24) is 9.97 Å². The Labute approximate surface area is 117 Å². The van der Waals surface area contributed by atoms with E-state index < -0.39 is 0 Å². The smallest absolute Gasteiger partial charge is 0.232 e. The number of hydrogen-bond donors (Lipinski definition) is 1. The fourth-order valence-electron chi connectivity index (χ4n) is 2.25. The van der Waals surface area contributed by atoms with Gasteiger partial charge in [-0.1, -0.05) is 19.3 Å². The molecule has 0 saturated heterocycles. The Balaban J connectivity index is 1.92. The fraction of sp³-hybridized carbons (Fsp3) is 0.692. The Bertz CT molecular complexity index is 380. The molecule has 0 unspecified atom stereocenters. The van der Waals surface area contributed by atoms with E-state index in [2.05, 4.69) is 31.2 Å². The zero-order chi connectivity index (χ0) is 12.8. The van der Waals surface area contributed by atoms with Gasteiger partial charge >= 0.3 is 0 Å². The van der Waals surface area contributed by atoms with Crippen molar-refractivity contribution in [2.75, 3.05) is 18.5 Å². The topological polar surface area (TPSA) is 47.0 Å². The molecular formula is C13H20BrN3O. The molecule has 1 aliphatic carbocycles. The highest BCUT2D eigenvalue weighted by atomic mass is 79.9. The van der Waals surface area contributed by atoms with Gasteiger partial charge in [0.1, 0.15) is 0 Å². The van der Waals surface area contributed by atoms with Crippen molar-refractivity contribution in [3.8, 4) is 5.88 Å². The number of nitrogens with zero attached hydrogens (tertiary/aromatic N) is 2. The van der Waals surface area contributed by atoms with Crippen LogP contribution in [0.15, 0.2) is 10.7 Å². The van der Waals surface area contributed by atoms with Crippen LogP contribution in [0.2, 0.25) is 0 Å². The van der Waals surface area contributed by atoms with E-state index in [0.29, 0.717) is 17.7 Å². The highest BCUT2D eigenvalue weighted by molar-refractivity contribution is 9.10. The molecule has 18 heavy (non-hydrogen) atoms. The minimum absolute atomic E-state index is 0.624. The van der Waals surface area contributed by atoms with Gasteiger partial charge in [-0.05, 0) is 41.6 Å². The summed E-state index contributed by atoms with van der Waals surface area (Å²) in [5, 5.41) is 3.09. The SMILES string of the molecule is CCNc1ncc(Br)c(OCC2CCCCC2)n1. The first kappa shape index (κ1) is 13.6. The van der Waals surface area contributed by atoms with Crippen LogP contribution in [-0.2, 0) is 0 Å². The first-order valence-electron chi connectivity index (χ1n) is 6.68. The number of hydrogen-bond acceptors (Lipinski definition) is 4. The number of nitrogens with one attached hydrogen (secondary N) is 1. The average molecular weight is 314 g/mol. The fourth-order valence-corrected chi connectivity index (χ4v) is 2.55. The Hall–Kier alpha value is -0.840. The van der Waals surface area contributed by atoms with Gasteiger partial charge in [-0.25, -0.2) is 4.98 Å². The zero-order valence-electron chi connectivity index (χ0n) is 10.8. The summed E-state index contributed by atoms with van der Waals surface area (Å²) in [5.74, 6) is 1.95. The molecule has 0 atom stereocenters. The van der Waals surface area contributed by atoms with E-state index >= 15 is 0 Å². The Morgan fingerprint density at radius 2 is 2.17 bits per heavy atom. The summed E-state index contributed by atoms with van der Waals surface area (Å²) in [5.41, 5.74) is 0. The minimum atomic E-state index is 0.624. The van der Waals surface area contributed by atoms with Crippen molar-refractivity contribution >= 4 is 21.9 Å². The summed E-state index contributed by atoms with van der Waals surface area (Å²) >= 11 is 3.43. The molecular weight excluding hydrogens is 294 g/mol. The normalized spacial score (nSPS) is 16.6. The van der Waals surface area contributed by atoms with Gasteiger partial charge in [0.2, 0.25) is 11.8 Å². The molecule has 100 valence electrons. The molecule has 2 rings (SSSR count). The highest BCUT2D eigenvalue weighted by Crippen LogP contribution is 2.27. The second-order valence-electron chi connectivity index (χ2n) is 4.69. The third-order valence-corrected chi connectivity index (χ3v) is 3.77. The standard InChI is InChI=1S/C13H20BrN3O/c1-2-15-13-16-8-11(14)12(17-13)18-9-10-6-4-3-5-7-10/h8,10H,2-7,9H2,1H3,(H,15,16,17). The zero-order valence-corrected chi connectivity index (χ0v) is 12.4. The Morgan fingerprint density at radius 3 is 2.89 bits per heavy atom. The van der Waals surface area contributed by atoms with Crippen molar-refractivity contribution in [3.05, 3.63) is 10.7 Å². The highest BCUT2D eigenvalue weighted by Gasteiger charge is 2.15. The number of ether oxygens (including phenoxy) is 1. The van der Waals surface area contributed by atoms with Crippen LogP contribution in [0.25, 0.3) is 0 Å². The number of anilines is 1. The predicted molar refractivity (Wildman–Crippen MR) is 76.0 cm³/mol. The third-order valence-electron chi connectivity index (χ3n) is 3.23. The van der Waals surface area contributed by atoms with Crippen LogP contribution in [0.4, 0.5) is 5.95 Å². The average Bonchev–Trinajstić information content (AvgIpc) is 2.41. The molecule has 0 radical (unpaired) electrons. The number of aromatic nitrogens is 2. The van der Waals surface area contributed by atoms with Crippen LogP contribution >= 0.6 is 15.9 Å². The van der Waals surface area contributed by atoms with Gasteiger partial charge in [0, 0.05) is 6.54 Å². The molecule has 1 fully saturated rings. The van der Waals surface area contributed by atoms with E-state index in [1.807, 2.05) is 6.92 Å². The Kier molecular flexibility index (Phi) is 5.23. The lowest BCUT2D eigenvalue weighted by Gasteiger charge is -2.21. The third kappa shape index (κ3) is 3.83. The minimum Gasteiger partial charge on any atom is -0.476 e. The number of halogens is 1. The molecule has 0 aromatic carbocycles. The molecule has 0 amide bonds. The molecule has 1 aliphatic rings. The number of rotatable bonds is 5.